The Bertz CT molecular complexity index is 959. The molecular weight excluding hydrogens is 394 g/mol. The van der Waals surface area contributed by atoms with Crippen LogP contribution in [0.25, 0.3) is 0 Å². The largest absolute Gasteiger partial charge is 0.497 e. The average Bonchev–Trinajstić information content (AvgIpc) is 2.72. The smallest absolute Gasteiger partial charge is 0.258 e. The van der Waals surface area contributed by atoms with E-state index in [-0.39, 0.29) is 10.8 Å². The molecule has 0 bridgehead atoms. The van der Waals surface area contributed by atoms with Gasteiger partial charge in [-0.3, -0.25) is 4.79 Å². The van der Waals surface area contributed by atoms with E-state index in [4.69, 9.17) is 9.47 Å². The topological polar surface area (TPSA) is 106 Å². The Labute approximate surface area is 171 Å². The van der Waals surface area contributed by atoms with Gasteiger partial charge in [-0.1, -0.05) is 32.0 Å². The molecule has 2 N–H and O–H groups in total. The first kappa shape index (κ1) is 22.4. The molecule has 0 aromatic heterocycles. The second-order valence-corrected chi connectivity index (χ2v) is 8.21. The number of hydrogen-bond donors (Lipinski definition) is 2. The predicted octanol–water partition coefficient (Wildman–Crippen LogP) is 2.16. The second kappa shape index (κ2) is 10.0. The van der Waals surface area contributed by atoms with Crippen molar-refractivity contribution in [2.75, 3.05) is 14.2 Å². The van der Waals surface area contributed by atoms with Crippen molar-refractivity contribution in [1.82, 2.24) is 10.1 Å². The Morgan fingerprint density at radius 3 is 2.34 bits per heavy atom. The van der Waals surface area contributed by atoms with Gasteiger partial charge in [-0.2, -0.15) is 9.82 Å². The van der Waals surface area contributed by atoms with Crippen molar-refractivity contribution in [1.29, 1.82) is 0 Å². The number of benzene rings is 2. The molecule has 2 aromatic carbocycles. The number of rotatable bonds is 9. The van der Waals surface area contributed by atoms with Crippen molar-refractivity contribution in [3.05, 3.63) is 54.1 Å². The lowest BCUT2D eigenvalue weighted by Crippen LogP contribution is -2.48. The molecule has 8 nitrogen and oxygen atoms in total. The van der Waals surface area contributed by atoms with Crippen LogP contribution >= 0.6 is 0 Å². The highest BCUT2D eigenvalue weighted by atomic mass is 32.2. The summed E-state index contributed by atoms with van der Waals surface area (Å²) in [4.78, 5) is 12.6. The van der Waals surface area contributed by atoms with E-state index in [2.05, 4.69) is 15.2 Å². The van der Waals surface area contributed by atoms with E-state index in [0.29, 0.717) is 17.1 Å². The Kier molecular flexibility index (Phi) is 7.74. The van der Waals surface area contributed by atoms with E-state index in [1.54, 1.807) is 50.2 Å². The van der Waals surface area contributed by atoms with Crippen molar-refractivity contribution in [2.24, 2.45) is 11.0 Å². The minimum absolute atomic E-state index is 0.0862. The molecule has 0 aliphatic heterocycles. The molecule has 29 heavy (non-hydrogen) atoms. The number of methoxy groups -OCH3 is 2. The van der Waals surface area contributed by atoms with E-state index in [0.717, 1.165) is 0 Å². The first-order valence-corrected chi connectivity index (χ1v) is 10.4. The molecule has 156 valence electrons. The molecule has 0 spiro atoms. The second-order valence-electron chi connectivity index (χ2n) is 6.50. The average molecular weight is 420 g/mol. The van der Waals surface area contributed by atoms with E-state index in [9.17, 15) is 13.2 Å². The van der Waals surface area contributed by atoms with Crippen LogP contribution in [0.5, 0.6) is 11.5 Å². The van der Waals surface area contributed by atoms with E-state index in [1.807, 2.05) is 0 Å². The van der Waals surface area contributed by atoms with Gasteiger partial charge in [0.05, 0.1) is 25.3 Å². The Hall–Kier alpha value is -2.91. The molecule has 0 unspecified atom stereocenters. The van der Waals surface area contributed by atoms with Gasteiger partial charge in [0.1, 0.15) is 17.5 Å². The van der Waals surface area contributed by atoms with Gasteiger partial charge in [-0.25, -0.2) is 13.8 Å². The van der Waals surface area contributed by atoms with Crippen LogP contribution in [-0.4, -0.2) is 40.8 Å². The zero-order valence-electron chi connectivity index (χ0n) is 16.7. The summed E-state index contributed by atoms with van der Waals surface area (Å²) in [6.45, 7) is 3.49. The van der Waals surface area contributed by atoms with Crippen molar-refractivity contribution < 1.29 is 22.7 Å². The summed E-state index contributed by atoms with van der Waals surface area (Å²) in [5, 5.41) is 3.94. The number of carbonyl (C=O) groups excluding carboxylic acids is 1. The summed E-state index contributed by atoms with van der Waals surface area (Å²) in [6.07, 6.45) is 1.41. The molecule has 1 atom stereocenters. The predicted molar refractivity (Wildman–Crippen MR) is 111 cm³/mol. The third kappa shape index (κ3) is 6.03. The molecule has 0 saturated carbocycles. The Morgan fingerprint density at radius 2 is 1.76 bits per heavy atom. The number of carbonyl (C=O) groups is 1. The number of amides is 1. The number of sulfonamides is 1. The van der Waals surface area contributed by atoms with Crippen molar-refractivity contribution in [3.8, 4) is 11.5 Å². The highest BCUT2D eigenvalue weighted by Crippen LogP contribution is 2.22. The van der Waals surface area contributed by atoms with Crippen LogP contribution in [0, 0.1) is 5.92 Å². The summed E-state index contributed by atoms with van der Waals surface area (Å²) in [7, 11) is -0.789. The fourth-order valence-electron chi connectivity index (χ4n) is 2.50. The summed E-state index contributed by atoms with van der Waals surface area (Å²) in [5.41, 5.74) is 2.98. The van der Waals surface area contributed by atoms with Crippen molar-refractivity contribution in [2.45, 2.75) is 24.8 Å². The molecule has 0 radical (unpaired) electrons. The third-order valence-electron chi connectivity index (χ3n) is 4.10. The normalized spacial score (nSPS) is 12.7. The van der Waals surface area contributed by atoms with Crippen LogP contribution in [0.4, 0.5) is 0 Å². The summed E-state index contributed by atoms with van der Waals surface area (Å²) in [5.74, 6) is 0.288. The lowest BCUT2D eigenvalue weighted by atomic mass is 10.1. The van der Waals surface area contributed by atoms with E-state index >= 15 is 0 Å². The van der Waals surface area contributed by atoms with Crippen LogP contribution in [0.2, 0.25) is 0 Å². The van der Waals surface area contributed by atoms with Crippen LogP contribution < -0.4 is 19.6 Å². The maximum absolute atomic E-state index is 12.6. The molecule has 0 saturated heterocycles. The van der Waals surface area contributed by atoms with Crippen LogP contribution in [0.3, 0.4) is 0 Å². The number of nitrogens with zero attached hydrogens (tertiary/aromatic N) is 1. The van der Waals surface area contributed by atoms with Gasteiger partial charge < -0.3 is 9.47 Å². The monoisotopic (exact) mass is 419 g/mol. The van der Waals surface area contributed by atoms with E-state index < -0.39 is 22.0 Å². The Balaban J connectivity index is 2.14. The van der Waals surface area contributed by atoms with Gasteiger partial charge >= 0.3 is 0 Å². The summed E-state index contributed by atoms with van der Waals surface area (Å²) < 4.78 is 37.9. The molecule has 0 aliphatic carbocycles. The van der Waals surface area contributed by atoms with Crippen molar-refractivity contribution in [3.63, 3.8) is 0 Å². The van der Waals surface area contributed by atoms with Gasteiger partial charge in [-0.05, 0) is 36.2 Å². The number of ether oxygens (including phenoxy) is 2. The molecular formula is C20H25N3O5S. The van der Waals surface area contributed by atoms with Crippen molar-refractivity contribution >= 4 is 22.1 Å². The first-order valence-electron chi connectivity index (χ1n) is 8.91. The number of nitrogens with one attached hydrogen (secondary N) is 2. The molecule has 9 heteroatoms. The fourth-order valence-corrected chi connectivity index (χ4v) is 3.87. The minimum Gasteiger partial charge on any atom is -0.497 e. The van der Waals surface area contributed by atoms with E-state index in [1.165, 1.54) is 32.6 Å². The molecule has 1 amide bonds. The zero-order chi connectivity index (χ0) is 21.4. The summed E-state index contributed by atoms with van der Waals surface area (Å²) in [6, 6.07) is 12.0. The number of hydrogen-bond acceptors (Lipinski definition) is 6. The lowest BCUT2D eigenvalue weighted by molar-refractivity contribution is -0.123. The first-order chi connectivity index (χ1) is 13.8. The van der Waals surface area contributed by atoms with Crippen LogP contribution in [0.15, 0.2) is 58.5 Å². The molecule has 0 heterocycles. The highest BCUT2D eigenvalue weighted by molar-refractivity contribution is 7.89. The van der Waals surface area contributed by atoms with Gasteiger partial charge in [0.15, 0.2) is 0 Å². The maximum atomic E-state index is 12.6. The molecule has 0 aliphatic rings. The lowest BCUT2D eigenvalue weighted by Gasteiger charge is -2.20. The van der Waals surface area contributed by atoms with Gasteiger partial charge in [-0.15, -0.1) is 0 Å². The minimum atomic E-state index is -3.85. The zero-order valence-corrected chi connectivity index (χ0v) is 17.6. The maximum Gasteiger partial charge on any atom is 0.258 e. The molecule has 2 rings (SSSR count). The quantitative estimate of drug-likeness (QED) is 0.479. The summed E-state index contributed by atoms with van der Waals surface area (Å²) >= 11 is 0. The van der Waals surface area contributed by atoms with Gasteiger partial charge in [0.2, 0.25) is 10.0 Å². The molecule has 0 fully saturated rings. The third-order valence-corrected chi connectivity index (χ3v) is 5.56. The SMILES string of the molecule is COc1ccc(OC)c(/C=N\NC(=O)[C@@H](NS(=O)(=O)c2ccccc2)C(C)C)c1. The standard InChI is InChI=1S/C20H25N3O5S/c1-14(2)19(23-29(25,26)17-8-6-5-7-9-17)20(24)22-21-13-15-12-16(27-3)10-11-18(15)28-4/h5-14,19,23H,1-4H3,(H,22,24)/b21-13-/t19-/m0/s1. The fraction of sp³-hybridized carbons (Fsp3) is 0.300. The number of hydrazone groups is 1. The molecule has 2 aromatic rings. The van der Waals surface area contributed by atoms with Crippen LogP contribution in [0.1, 0.15) is 19.4 Å². The van der Waals surface area contributed by atoms with Crippen LogP contribution in [-0.2, 0) is 14.8 Å². The Morgan fingerprint density at radius 1 is 1.07 bits per heavy atom. The van der Waals surface area contributed by atoms with Gasteiger partial charge in [0, 0.05) is 5.56 Å². The van der Waals surface area contributed by atoms with Gasteiger partial charge in [0.25, 0.3) is 5.91 Å². The highest BCUT2D eigenvalue weighted by Gasteiger charge is 2.28.